The quantitative estimate of drug-likeness (QED) is 0.802. The van der Waals surface area contributed by atoms with Gasteiger partial charge in [0.25, 0.3) is 5.91 Å². The first-order chi connectivity index (χ1) is 12.1. The van der Waals surface area contributed by atoms with Gasteiger partial charge in [0.2, 0.25) is 5.96 Å². The van der Waals surface area contributed by atoms with E-state index >= 15 is 0 Å². The second-order valence-electron chi connectivity index (χ2n) is 5.29. The van der Waals surface area contributed by atoms with Crippen LogP contribution in [0.25, 0.3) is 6.08 Å². The molecule has 0 aromatic heterocycles. The van der Waals surface area contributed by atoms with Crippen LogP contribution < -0.4 is 15.4 Å². The number of hydrogen-bond donors (Lipinski definition) is 2. The molecule has 5 nitrogen and oxygen atoms in total. The highest BCUT2D eigenvalue weighted by Crippen LogP contribution is 2.26. The zero-order valence-corrected chi connectivity index (χ0v) is 14.9. The molecule has 1 fully saturated rings. The van der Waals surface area contributed by atoms with Crippen LogP contribution >= 0.6 is 23.2 Å². The molecule has 7 heteroatoms. The first-order valence-corrected chi connectivity index (χ1v) is 8.24. The molecule has 1 amide bonds. The largest absolute Gasteiger partial charge is 0.497 e. The molecule has 0 spiro atoms. The number of methoxy groups -OCH3 is 1. The van der Waals surface area contributed by atoms with Crippen molar-refractivity contribution < 1.29 is 9.53 Å². The van der Waals surface area contributed by atoms with Gasteiger partial charge in [-0.05, 0) is 35.9 Å². The molecule has 128 valence electrons. The molecule has 2 N–H and O–H groups in total. The van der Waals surface area contributed by atoms with Crippen LogP contribution in [0.3, 0.4) is 0 Å². The predicted molar refractivity (Wildman–Crippen MR) is 99.9 cm³/mol. The van der Waals surface area contributed by atoms with E-state index in [1.807, 2.05) is 24.3 Å². The van der Waals surface area contributed by atoms with Crippen LogP contribution in [0.15, 0.2) is 53.2 Å². The molecule has 0 bridgehead atoms. The van der Waals surface area contributed by atoms with E-state index in [0.29, 0.717) is 33.8 Å². The number of nitrogens with one attached hydrogen (secondary N) is 2. The molecule has 0 atom stereocenters. The van der Waals surface area contributed by atoms with Gasteiger partial charge in [0, 0.05) is 15.6 Å². The number of ether oxygens (including phenoxy) is 1. The number of carbonyl (C=O) groups is 1. The molecule has 0 aliphatic carbocycles. The van der Waals surface area contributed by atoms with E-state index in [0.717, 1.165) is 11.3 Å². The summed E-state index contributed by atoms with van der Waals surface area (Å²) in [7, 11) is 1.62. The van der Waals surface area contributed by atoms with Crippen LogP contribution in [0.1, 0.15) is 11.1 Å². The number of benzene rings is 2. The molecule has 2 aromatic rings. The lowest BCUT2D eigenvalue weighted by Gasteiger charge is -2.03. The molecular formula is C18H15Cl2N3O2. The Labute approximate surface area is 155 Å². The highest BCUT2D eigenvalue weighted by molar-refractivity contribution is 6.37. The number of carbonyl (C=O) groups excluding carboxylic acids is 1. The Balaban J connectivity index is 1.74. The summed E-state index contributed by atoms with van der Waals surface area (Å²) in [6.45, 7) is 0.423. The molecule has 1 heterocycles. The minimum atomic E-state index is -0.288. The minimum Gasteiger partial charge on any atom is -0.497 e. The number of nitrogens with zero attached hydrogens (tertiary/aromatic N) is 1. The average Bonchev–Trinajstić information content (AvgIpc) is 2.96. The highest BCUT2D eigenvalue weighted by Gasteiger charge is 2.22. The molecule has 25 heavy (non-hydrogen) atoms. The molecule has 3 rings (SSSR count). The van der Waals surface area contributed by atoms with Gasteiger partial charge in [0.15, 0.2) is 0 Å². The first-order valence-electron chi connectivity index (χ1n) is 7.48. The Hall–Kier alpha value is -2.50. The van der Waals surface area contributed by atoms with Crippen LogP contribution in [-0.4, -0.2) is 19.0 Å². The lowest BCUT2D eigenvalue weighted by molar-refractivity contribution is -0.115. The molecular weight excluding hydrogens is 361 g/mol. The van der Waals surface area contributed by atoms with E-state index in [4.69, 9.17) is 27.9 Å². The monoisotopic (exact) mass is 375 g/mol. The van der Waals surface area contributed by atoms with Crippen molar-refractivity contribution >= 4 is 41.1 Å². The lowest BCUT2D eigenvalue weighted by atomic mass is 10.2. The lowest BCUT2D eigenvalue weighted by Crippen LogP contribution is -2.25. The summed E-state index contributed by atoms with van der Waals surface area (Å²) in [4.78, 5) is 16.4. The first kappa shape index (κ1) is 17.3. The van der Waals surface area contributed by atoms with Crippen molar-refractivity contribution in [2.75, 3.05) is 7.11 Å². The van der Waals surface area contributed by atoms with Crippen LogP contribution in [0.5, 0.6) is 5.75 Å². The Morgan fingerprint density at radius 3 is 2.40 bits per heavy atom. The van der Waals surface area contributed by atoms with Crippen molar-refractivity contribution in [3.63, 3.8) is 0 Å². The second kappa shape index (κ2) is 7.59. The topological polar surface area (TPSA) is 62.7 Å². The zero-order chi connectivity index (χ0) is 17.8. The van der Waals surface area contributed by atoms with Gasteiger partial charge in [-0.2, -0.15) is 0 Å². The van der Waals surface area contributed by atoms with E-state index in [1.165, 1.54) is 0 Å². The Kier molecular flexibility index (Phi) is 5.26. The van der Waals surface area contributed by atoms with Gasteiger partial charge in [0.05, 0.1) is 13.7 Å². The maximum absolute atomic E-state index is 12.1. The third-order valence-corrected chi connectivity index (χ3v) is 4.26. The molecule has 1 aliphatic heterocycles. The van der Waals surface area contributed by atoms with E-state index in [2.05, 4.69) is 15.6 Å². The smallest absolute Gasteiger partial charge is 0.274 e. The fourth-order valence-corrected chi connectivity index (χ4v) is 2.77. The van der Waals surface area contributed by atoms with Crippen molar-refractivity contribution in [2.24, 2.45) is 4.99 Å². The van der Waals surface area contributed by atoms with Crippen molar-refractivity contribution in [2.45, 2.75) is 6.54 Å². The summed E-state index contributed by atoms with van der Waals surface area (Å²) < 4.78 is 5.12. The number of rotatable bonds is 4. The van der Waals surface area contributed by atoms with Gasteiger partial charge < -0.3 is 10.1 Å². The summed E-state index contributed by atoms with van der Waals surface area (Å²) >= 11 is 12.3. The maximum atomic E-state index is 12.1. The van der Waals surface area contributed by atoms with E-state index in [1.54, 1.807) is 31.4 Å². The number of aliphatic imine (C=N–C) groups is 1. The van der Waals surface area contributed by atoms with Gasteiger partial charge in [-0.3, -0.25) is 10.1 Å². The number of amides is 1. The number of guanidine groups is 1. The third-order valence-electron chi connectivity index (χ3n) is 3.60. The molecule has 0 unspecified atom stereocenters. The van der Waals surface area contributed by atoms with Crippen molar-refractivity contribution in [1.82, 2.24) is 10.6 Å². The minimum absolute atomic E-state index is 0.288. The Bertz CT molecular complexity index is 841. The van der Waals surface area contributed by atoms with E-state index in [-0.39, 0.29) is 5.91 Å². The summed E-state index contributed by atoms with van der Waals surface area (Å²) in [5.74, 6) is 0.880. The second-order valence-corrected chi connectivity index (χ2v) is 6.10. The van der Waals surface area contributed by atoms with Crippen LogP contribution in [0.2, 0.25) is 10.0 Å². The standard InChI is InChI=1S/C18H15Cl2N3O2/c1-25-12-7-5-11(6-8-12)10-21-18-22-16(17(24)23-18)9-13-14(19)3-2-4-15(13)20/h2-9H,10H2,1H3,(H2,21,22,23,24)/b16-9-. The molecule has 2 aromatic carbocycles. The van der Waals surface area contributed by atoms with Gasteiger partial charge >= 0.3 is 0 Å². The number of halogens is 2. The fourth-order valence-electron chi connectivity index (χ4n) is 2.27. The highest BCUT2D eigenvalue weighted by atomic mass is 35.5. The molecule has 1 saturated heterocycles. The Morgan fingerprint density at radius 2 is 1.76 bits per heavy atom. The van der Waals surface area contributed by atoms with Crippen molar-refractivity contribution in [3.05, 3.63) is 69.3 Å². The summed E-state index contributed by atoms with van der Waals surface area (Å²) in [5.41, 5.74) is 1.92. The SMILES string of the molecule is COc1ccc(CN=C2NC(=O)/C(=C/c3c(Cl)cccc3Cl)N2)cc1. The van der Waals surface area contributed by atoms with E-state index in [9.17, 15) is 4.79 Å². The van der Waals surface area contributed by atoms with Gasteiger partial charge in [-0.15, -0.1) is 0 Å². The molecule has 0 saturated carbocycles. The maximum Gasteiger partial charge on any atom is 0.274 e. The van der Waals surface area contributed by atoms with Crippen LogP contribution in [0, 0.1) is 0 Å². The van der Waals surface area contributed by atoms with Gasteiger partial charge in [-0.25, -0.2) is 4.99 Å². The normalized spacial score (nSPS) is 16.8. The zero-order valence-electron chi connectivity index (χ0n) is 13.3. The van der Waals surface area contributed by atoms with Gasteiger partial charge in [0.1, 0.15) is 11.4 Å². The molecule has 0 radical (unpaired) electrons. The van der Waals surface area contributed by atoms with Crippen molar-refractivity contribution in [3.8, 4) is 5.75 Å². The fraction of sp³-hybridized carbons (Fsp3) is 0.111. The Morgan fingerprint density at radius 1 is 1.08 bits per heavy atom. The predicted octanol–water partition coefficient (Wildman–Crippen LogP) is 3.62. The van der Waals surface area contributed by atoms with Crippen molar-refractivity contribution in [1.29, 1.82) is 0 Å². The van der Waals surface area contributed by atoms with Crippen LogP contribution in [-0.2, 0) is 11.3 Å². The summed E-state index contributed by atoms with van der Waals surface area (Å²) in [6.07, 6.45) is 1.61. The number of hydrogen-bond acceptors (Lipinski definition) is 3. The third kappa shape index (κ3) is 4.13. The van der Waals surface area contributed by atoms with E-state index < -0.39 is 0 Å². The summed E-state index contributed by atoms with van der Waals surface area (Å²) in [6, 6.07) is 12.7. The average molecular weight is 376 g/mol. The summed E-state index contributed by atoms with van der Waals surface area (Å²) in [5, 5.41) is 6.56. The molecule has 1 aliphatic rings. The van der Waals surface area contributed by atoms with Crippen LogP contribution in [0.4, 0.5) is 0 Å². The van der Waals surface area contributed by atoms with Gasteiger partial charge in [-0.1, -0.05) is 41.4 Å².